The van der Waals surface area contributed by atoms with Crippen molar-refractivity contribution in [2.45, 2.75) is 53.3 Å². The fraction of sp³-hybridized carbons (Fsp3) is 0.474. The Bertz CT molecular complexity index is 685. The van der Waals surface area contributed by atoms with E-state index < -0.39 is 0 Å². The standard InChI is InChI=1S/C19H27N3O2S/c1-5-9-22(19(23)20-14(2)3)11-16-13-25-18(21-16)12-24-17-8-6-7-15(4)10-17/h6-8,10,13-14H,5,9,11-12H2,1-4H3,(H,20,23). The molecule has 6 heteroatoms. The van der Waals surface area contributed by atoms with Crippen molar-refractivity contribution in [2.24, 2.45) is 0 Å². The summed E-state index contributed by atoms with van der Waals surface area (Å²) in [5.41, 5.74) is 2.07. The number of hydrogen-bond acceptors (Lipinski definition) is 4. The van der Waals surface area contributed by atoms with Gasteiger partial charge >= 0.3 is 6.03 Å². The molecule has 1 aromatic heterocycles. The van der Waals surface area contributed by atoms with Crippen LogP contribution in [-0.4, -0.2) is 28.5 Å². The van der Waals surface area contributed by atoms with Gasteiger partial charge in [0.25, 0.3) is 0 Å². The Morgan fingerprint density at radius 2 is 2.20 bits per heavy atom. The number of carbonyl (C=O) groups excluding carboxylic acids is 1. The number of thiazole rings is 1. The number of aromatic nitrogens is 1. The van der Waals surface area contributed by atoms with E-state index in [4.69, 9.17) is 4.74 Å². The lowest BCUT2D eigenvalue weighted by molar-refractivity contribution is 0.192. The SMILES string of the molecule is CCCN(Cc1csc(COc2cccc(C)c2)n1)C(=O)NC(C)C. The van der Waals surface area contributed by atoms with Crippen LogP contribution in [0.3, 0.4) is 0 Å². The zero-order chi connectivity index (χ0) is 18.2. The van der Waals surface area contributed by atoms with Gasteiger partial charge in [-0.15, -0.1) is 11.3 Å². The first-order valence-corrected chi connectivity index (χ1v) is 9.54. The Balaban J connectivity index is 1.93. The molecule has 1 aromatic carbocycles. The van der Waals surface area contributed by atoms with E-state index in [0.29, 0.717) is 19.7 Å². The minimum atomic E-state index is -0.0394. The maximum Gasteiger partial charge on any atom is 0.317 e. The Hall–Kier alpha value is -2.08. The fourth-order valence-electron chi connectivity index (χ4n) is 2.39. The van der Waals surface area contributed by atoms with Crippen molar-refractivity contribution in [1.82, 2.24) is 15.2 Å². The second-order valence-electron chi connectivity index (χ2n) is 6.36. The summed E-state index contributed by atoms with van der Waals surface area (Å²) >= 11 is 1.56. The number of ether oxygens (including phenoxy) is 1. The largest absolute Gasteiger partial charge is 0.486 e. The molecule has 0 unspecified atom stereocenters. The van der Waals surface area contributed by atoms with Crippen molar-refractivity contribution in [2.75, 3.05) is 6.54 Å². The van der Waals surface area contributed by atoms with Gasteiger partial charge in [-0.05, 0) is 44.9 Å². The lowest BCUT2D eigenvalue weighted by atomic mass is 10.2. The van der Waals surface area contributed by atoms with Crippen molar-refractivity contribution in [1.29, 1.82) is 0 Å². The topological polar surface area (TPSA) is 54.5 Å². The third-order valence-electron chi connectivity index (χ3n) is 3.50. The van der Waals surface area contributed by atoms with Crippen LogP contribution in [0.4, 0.5) is 4.79 Å². The molecular weight excluding hydrogens is 334 g/mol. The van der Waals surface area contributed by atoms with Crippen LogP contribution in [0.2, 0.25) is 0 Å². The van der Waals surface area contributed by atoms with E-state index in [2.05, 4.69) is 17.2 Å². The van der Waals surface area contributed by atoms with Crippen molar-refractivity contribution in [3.05, 3.63) is 45.9 Å². The monoisotopic (exact) mass is 361 g/mol. The van der Waals surface area contributed by atoms with Gasteiger partial charge in [-0.2, -0.15) is 0 Å². The number of amides is 2. The second-order valence-corrected chi connectivity index (χ2v) is 7.31. The molecule has 0 fully saturated rings. The quantitative estimate of drug-likeness (QED) is 0.760. The zero-order valence-corrected chi connectivity index (χ0v) is 16.2. The number of hydrogen-bond donors (Lipinski definition) is 1. The first kappa shape index (κ1) is 19.2. The number of rotatable bonds is 8. The normalized spacial score (nSPS) is 10.8. The van der Waals surface area contributed by atoms with Crippen LogP contribution in [-0.2, 0) is 13.2 Å². The predicted octanol–water partition coefficient (Wildman–Crippen LogP) is 4.36. The Labute approximate surface area is 154 Å². The minimum absolute atomic E-state index is 0.0394. The van der Waals surface area contributed by atoms with Crippen molar-refractivity contribution < 1.29 is 9.53 Å². The molecule has 0 atom stereocenters. The summed E-state index contributed by atoms with van der Waals surface area (Å²) in [6.45, 7) is 9.71. The average Bonchev–Trinajstić information content (AvgIpc) is 2.99. The molecule has 136 valence electrons. The van der Waals surface area contributed by atoms with E-state index in [1.54, 1.807) is 16.2 Å². The third-order valence-corrected chi connectivity index (χ3v) is 4.37. The summed E-state index contributed by atoms with van der Waals surface area (Å²) in [6, 6.07) is 8.06. The molecule has 25 heavy (non-hydrogen) atoms. The van der Waals surface area contributed by atoms with Crippen LogP contribution in [0.5, 0.6) is 5.75 Å². The van der Waals surface area contributed by atoms with Gasteiger partial charge in [-0.3, -0.25) is 0 Å². The molecule has 2 aromatic rings. The highest BCUT2D eigenvalue weighted by molar-refractivity contribution is 7.09. The van der Waals surface area contributed by atoms with Gasteiger partial charge in [0.1, 0.15) is 17.4 Å². The molecule has 0 aliphatic rings. The summed E-state index contributed by atoms with van der Waals surface area (Å²) in [5, 5.41) is 5.86. The van der Waals surface area contributed by atoms with Gasteiger partial charge in [0, 0.05) is 18.0 Å². The number of carbonyl (C=O) groups is 1. The van der Waals surface area contributed by atoms with Gasteiger partial charge in [-0.1, -0.05) is 19.1 Å². The Morgan fingerprint density at radius 3 is 2.88 bits per heavy atom. The summed E-state index contributed by atoms with van der Waals surface area (Å²) in [7, 11) is 0. The van der Waals surface area contributed by atoms with Crippen molar-refractivity contribution >= 4 is 17.4 Å². The van der Waals surface area contributed by atoms with E-state index in [1.165, 1.54) is 5.56 Å². The van der Waals surface area contributed by atoms with Gasteiger partial charge in [-0.25, -0.2) is 9.78 Å². The smallest absolute Gasteiger partial charge is 0.317 e. The average molecular weight is 362 g/mol. The molecule has 0 bridgehead atoms. The Kier molecular flexibility index (Phi) is 7.25. The number of nitrogens with zero attached hydrogens (tertiary/aromatic N) is 2. The fourth-order valence-corrected chi connectivity index (χ4v) is 3.09. The Morgan fingerprint density at radius 1 is 1.40 bits per heavy atom. The van der Waals surface area contributed by atoms with Crippen LogP contribution in [0, 0.1) is 6.92 Å². The lowest BCUT2D eigenvalue weighted by Gasteiger charge is -2.23. The minimum Gasteiger partial charge on any atom is -0.486 e. The number of benzene rings is 1. The van der Waals surface area contributed by atoms with Crippen LogP contribution < -0.4 is 10.1 Å². The van der Waals surface area contributed by atoms with Crippen LogP contribution in [0.15, 0.2) is 29.6 Å². The van der Waals surface area contributed by atoms with Crippen LogP contribution in [0.25, 0.3) is 0 Å². The molecule has 0 aliphatic heterocycles. The second kappa shape index (κ2) is 9.42. The van der Waals surface area contributed by atoms with E-state index in [-0.39, 0.29) is 12.1 Å². The van der Waals surface area contributed by atoms with Crippen LogP contribution >= 0.6 is 11.3 Å². The number of urea groups is 1. The number of nitrogens with one attached hydrogen (secondary N) is 1. The zero-order valence-electron chi connectivity index (χ0n) is 15.4. The van der Waals surface area contributed by atoms with Gasteiger partial charge < -0.3 is 15.0 Å². The summed E-state index contributed by atoms with van der Waals surface area (Å²) in [6.07, 6.45) is 0.916. The first-order chi connectivity index (χ1) is 12.0. The molecule has 1 N–H and O–H groups in total. The van der Waals surface area contributed by atoms with Crippen LogP contribution in [0.1, 0.15) is 43.5 Å². The lowest BCUT2D eigenvalue weighted by Crippen LogP contribution is -2.42. The molecule has 2 rings (SSSR count). The summed E-state index contributed by atoms with van der Waals surface area (Å²) < 4.78 is 5.79. The van der Waals surface area contributed by atoms with E-state index in [1.807, 2.05) is 50.4 Å². The maximum absolute atomic E-state index is 12.3. The van der Waals surface area contributed by atoms with Gasteiger partial charge in [0.05, 0.1) is 12.2 Å². The van der Waals surface area contributed by atoms with Crippen molar-refractivity contribution in [3.8, 4) is 5.75 Å². The summed E-state index contributed by atoms with van der Waals surface area (Å²) in [4.78, 5) is 18.7. The third kappa shape index (κ3) is 6.38. The predicted molar refractivity (Wildman–Crippen MR) is 102 cm³/mol. The van der Waals surface area contributed by atoms with Gasteiger partial charge in [0.15, 0.2) is 0 Å². The molecule has 1 heterocycles. The molecule has 5 nitrogen and oxygen atoms in total. The molecule has 0 aliphatic carbocycles. The highest BCUT2D eigenvalue weighted by Crippen LogP contribution is 2.17. The molecule has 2 amide bonds. The molecule has 0 saturated heterocycles. The molecule has 0 spiro atoms. The summed E-state index contributed by atoms with van der Waals surface area (Å²) in [5.74, 6) is 0.848. The molecule has 0 saturated carbocycles. The highest BCUT2D eigenvalue weighted by Gasteiger charge is 2.15. The molecular formula is C19H27N3O2S. The van der Waals surface area contributed by atoms with Crippen molar-refractivity contribution in [3.63, 3.8) is 0 Å². The highest BCUT2D eigenvalue weighted by atomic mass is 32.1. The first-order valence-electron chi connectivity index (χ1n) is 8.66. The number of aryl methyl sites for hydroxylation is 1. The van der Waals surface area contributed by atoms with E-state index >= 15 is 0 Å². The maximum atomic E-state index is 12.3. The van der Waals surface area contributed by atoms with E-state index in [0.717, 1.165) is 22.9 Å². The molecule has 0 radical (unpaired) electrons. The van der Waals surface area contributed by atoms with E-state index in [9.17, 15) is 4.79 Å². The van der Waals surface area contributed by atoms with Gasteiger partial charge in [0.2, 0.25) is 0 Å².